The minimum absolute atomic E-state index is 0.590. The Morgan fingerprint density at radius 1 is 0.293 bits per heavy atom. The third kappa shape index (κ3) is 6.10. The number of fused-ring (bicyclic) bond motifs is 5. The van der Waals surface area contributed by atoms with Crippen LogP contribution in [-0.2, 0) is 0 Å². The number of rotatable bonds is 6. The molecule has 11 aromatic rings. The van der Waals surface area contributed by atoms with E-state index in [-0.39, 0.29) is 0 Å². The lowest BCUT2D eigenvalue weighted by Gasteiger charge is -2.11. The number of benzene rings is 6. The standard InChI is InChI=1S/C52H32N6/c1-3-9-34(10-4-1)48-32-49(35-11-5-2-6-12-35)58-52(57-48)46-26-21-37-19-20-39(31-47(37)56-46)38-22-24-45-40(29-38)23-25-44(55-45)36-17-15-33(16-18-36)43-30-41-13-7-27-53-50(41)51-42(43)14-8-28-54-51/h1-32H. The minimum atomic E-state index is 0.590. The first-order valence-corrected chi connectivity index (χ1v) is 19.3. The summed E-state index contributed by atoms with van der Waals surface area (Å²) < 4.78 is 0. The third-order valence-corrected chi connectivity index (χ3v) is 10.8. The second kappa shape index (κ2) is 14.0. The smallest absolute Gasteiger partial charge is 0.179 e. The van der Waals surface area contributed by atoms with Gasteiger partial charge >= 0.3 is 0 Å². The van der Waals surface area contributed by atoms with Gasteiger partial charge in [-0.1, -0.05) is 127 Å². The van der Waals surface area contributed by atoms with E-state index < -0.39 is 0 Å². The van der Waals surface area contributed by atoms with E-state index in [4.69, 9.17) is 19.9 Å². The van der Waals surface area contributed by atoms with Crippen molar-refractivity contribution in [3.8, 4) is 67.5 Å². The molecule has 0 saturated heterocycles. The Balaban J connectivity index is 0.903. The first kappa shape index (κ1) is 33.4. The highest BCUT2D eigenvalue weighted by Gasteiger charge is 2.14. The molecule has 58 heavy (non-hydrogen) atoms. The highest BCUT2D eigenvalue weighted by atomic mass is 14.9. The van der Waals surface area contributed by atoms with Crippen molar-refractivity contribution in [1.82, 2.24) is 29.9 Å². The maximum absolute atomic E-state index is 5.12. The summed E-state index contributed by atoms with van der Waals surface area (Å²) in [4.78, 5) is 29.5. The molecule has 5 heterocycles. The average molecular weight is 741 g/mol. The van der Waals surface area contributed by atoms with Crippen LogP contribution in [0, 0.1) is 0 Å². The van der Waals surface area contributed by atoms with Gasteiger partial charge in [0.15, 0.2) is 5.82 Å². The molecule has 0 aliphatic rings. The zero-order chi connectivity index (χ0) is 38.4. The quantitative estimate of drug-likeness (QED) is 0.158. The summed E-state index contributed by atoms with van der Waals surface area (Å²) in [6, 6.07) is 62.7. The molecule has 0 amide bonds. The molecule has 0 fully saturated rings. The number of hydrogen-bond acceptors (Lipinski definition) is 6. The monoisotopic (exact) mass is 740 g/mol. The summed E-state index contributed by atoms with van der Waals surface area (Å²) in [5, 5.41) is 4.28. The Bertz CT molecular complexity index is 3270. The van der Waals surface area contributed by atoms with Gasteiger partial charge in [-0.3, -0.25) is 9.97 Å². The zero-order valence-corrected chi connectivity index (χ0v) is 31.2. The van der Waals surface area contributed by atoms with Gasteiger partial charge in [-0.15, -0.1) is 0 Å². The summed E-state index contributed by atoms with van der Waals surface area (Å²) in [5.41, 5.74) is 14.6. The van der Waals surface area contributed by atoms with Crippen molar-refractivity contribution in [2.75, 3.05) is 0 Å². The molecule has 6 nitrogen and oxygen atoms in total. The third-order valence-electron chi connectivity index (χ3n) is 10.8. The van der Waals surface area contributed by atoms with Crippen LogP contribution < -0.4 is 0 Å². The van der Waals surface area contributed by atoms with E-state index in [1.54, 1.807) is 0 Å². The predicted molar refractivity (Wildman–Crippen MR) is 236 cm³/mol. The van der Waals surface area contributed by atoms with Crippen molar-refractivity contribution < 1.29 is 0 Å². The summed E-state index contributed by atoms with van der Waals surface area (Å²) >= 11 is 0. The number of nitrogens with zero attached hydrogens (tertiary/aromatic N) is 6. The molecule has 0 radical (unpaired) electrons. The molecule has 0 N–H and O–H groups in total. The molecule has 6 heteroatoms. The molecular weight excluding hydrogens is 709 g/mol. The van der Waals surface area contributed by atoms with Gasteiger partial charge in [-0.2, -0.15) is 0 Å². The fourth-order valence-electron chi connectivity index (χ4n) is 7.80. The summed E-state index contributed by atoms with van der Waals surface area (Å²) in [7, 11) is 0. The van der Waals surface area contributed by atoms with Crippen LogP contribution in [0.4, 0.5) is 0 Å². The molecule has 0 unspecified atom stereocenters. The van der Waals surface area contributed by atoms with E-state index in [0.29, 0.717) is 5.82 Å². The van der Waals surface area contributed by atoms with Crippen LogP contribution in [0.3, 0.4) is 0 Å². The lowest BCUT2D eigenvalue weighted by Crippen LogP contribution is -1.97. The molecule has 0 atom stereocenters. The van der Waals surface area contributed by atoms with Crippen LogP contribution in [0.15, 0.2) is 194 Å². The average Bonchev–Trinajstić information content (AvgIpc) is 3.31. The van der Waals surface area contributed by atoms with Gasteiger partial charge in [0.25, 0.3) is 0 Å². The Kier molecular flexibility index (Phi) is 8.04. The van der Waals surface area contributed by atoms with Crippen molar-refractivity contribution in [2.45, 2.75) is 0 Å². The molecule has 6 aromatic carbocycles. The van der Waals surface area contributed by atoms with Gasteiger partial charge in [-0.05, 0) is 76.9 Å². The summed E-state index contributed by atoms with van der Waals surface area (Å²) in [5.74, 6) is 0.590. The van der Waals surface area contributed by atoms with Crippen molar-refractivity contribution in [3.05, 3.63) is 194 Å². The lowest BCUT2D eigenvalue weighted by atomic mass is 9.96. The molecule has 270 valence electrons. The van der Waals surface area contributed by atoms with E-state index in [0.717, 1.165) is 105 Å². The van der Waals surface area contributed by atoms with Crippen LogP contribution in [0.25, 0.3) is 111 Å². The number of aromatic nitrogens is 6. The normalized spacial score (nSPS) is 11.4. The van der Waals surface area contributed by atoms with Crippen LogP contribution in [0.5, 0.6) is 0 Å². The van der Waals surface area contributed by atoms with E-state index >= 15 is 0 Å². The van der Waals surface area contributed by atoms with Gasteiger partial charge in [0, 0.05) is 50.6 Å². The maximum Gasteiger partial charge on any atom is 0.179 e. The Labute approximate surface area is 334 Å². The summed E-state index contributed by atoms with van der Waals surface area (Å²) in [6.45, 7) is 0. The molecule has 11 rings (SSSR count). The second-order valence-corrected chi connectivity index (χ2v) is 14.4. The van der Waals surface area contributed by atoms with Gasteiger partial charge in [0.1, 0.15) is 5.69 Å². The van der Waals surface area contributed by atoms with Crippen LogP contribution in [0.2, 0.25) is 0 Å². The van der Waals surface area contributed by atoms with E-state index in [2.05, 4.69) is 131 Å². The molecule has 0 aliphatic carbocycles. The van der Waals surface area contributed by atoms with Crippen LogP contribution in [0.1, 0.15) is 0 Å². The van der Waals surface area contributed by atoms with Gasteiger partial charge in [-0.25, -0.2) is 19.9 Å². The van der Waals surface area contributed by atoms with Crippen LogP contribution in [-0.4, -0.2) is 29.9 Å². The Hall–Kier alpha value is -7.96. The van der Waals surface area contributed by atoms with Gasteiger partial charge in [0.05, 0.1) is 39.1 Å². The molecule has 5 aromatic heterocycles. The molecule has 0 aliphatic heterocycles. The van der Waals surface area contributed by atoms with Crippen molar-refractivity contribution in [2.24, 2.45) is 0 Å². The number of pyridine rings is 4. The molecule has 0 spiro atoms. The number of hydrogen-bond donors (Lipinski definition) is 0. The molecule has 0 bridgehead atoms. The minimum Gasteiger partial charge on any atom is -0.254 e. The first-order valence-electron chi connectivity index (χ1n) is 19.3. The van der Waals surface area contributed by atoms with Crippen molar-refractivity contribution >= 4 is 43.6 Å². The van der Waals surface area contributed by atoms with Crippen LogP contribution >= 0.6 is 0 Å². The fraction of sp³-hybridized carbons (Fsp3) is 0. The van der Waals surface area contributed by atoms with E-state index in [1.807, 2.05) is 73.1 Å². The Morgan fingerprint density at radius 3 is 1.66 bits per heavy atom. The summed E-state index contributed by atoms with van der Waals surface area (Å²) in [6.07, 6.45) is 3.65. The van der Waals surface area contributed by atoms with E-state index in [9.17, 15) is 0 Å². The van der Waals surface area contributed by atoms with Crippen molar-refractivity contribution in [1.29, 1.82) is 0 Å². The van der Waals surface area contributed by atoms with Gasteiger partial charge in [0.2, 0.25) is 0 Å². The van der Waals surface area contributed by atoms with Gasteiger partial charge < -0.3 is 0 Å². The highest BCUT2D eigenvalue weighted by molar-refractivity contribution is 6.10. The predicted octanol–water partition coefficient (Wildman–Crippen LogP) is 12.7. The zero-order valence-electron chi connectivity index (χ0n) is 31.2. The first-order chi connectivity index (χ1) is 28.7. The molecular formula is C52H32N6. The largest absolute Gasteiger partial charge is 0.254 e. The fourth-order valence-corrected chi connectivity index (χ4v) is 7.80. The maximum atomic E-state index is 5.12. The molecule has 0 saturated carbocycles. The van der Waals surface area contributed by atoms with Crippen molar-refractivity contribution in [3.63, 3.8) is 0 Å². The second-order valence-electron chi connectivity index (χ2n) is 14.4. The highest BCUT2D eigenvalue weighted by Crippen LogP contribution is 2.35. The SMILES string of the molecule is c1ccc(-c2cc(-c3ccccc3)nc(-c3ccc4ccc(-c5ccc6nc(-c7ccc(-c8cc9cccnc9c9ncccc89)cc7)ccc6c5)cc4n3)n2)cc1. The Morgan fingerprint density at radius 2 is 0.879 bits per heavy atom. The topological polar surface area (TPSA) is 77.3 Å². The van der Waals surface area contributed by atoms with E-state index in [1.165, 1.54) is 0 Å². The lowest BCUT2D eigenvalue weighted by molar-refractivity contribution is 1.16.